The Balaban J connectivity index is 3.68. The molecule has 1 unspecified atom stereocenters. The largest absolute Gasteiger partial charge is 0.390 e. The zero-order valence-corrected chi connectivity index (χ0v) is 6.83. The Hall–Kier alpha value is -0.250. The van der Waals surface area contributed by atoms with Gasteiger partial charge in [0.1, 0.15) is 0 Å². The SMILES string of the molecule is CCNC(CC)CC(F)(F)F. The molecule has 0 amide bonds. The van der Waals surface area contributed by atoms with Crippen LogP contribution in [0, 0.1) is 0 Å². The topological polar surface area (TPSA) is 12.0 Å². The first kappa shape index (κ1) is 10.8. The van der Waals surface area contributed by atoms with Crippen LogP contribution in [0.25, 0.3) is 0 Å². The molecule has 11 heavy (non-hydrogen) atoms. The molecule has 0 radical (unpaired) electrons. The van der Waals surface area contributed by atoms with Gasteiger partial charge in [0.2, 0.25) is 0 Å². The van der Waals surface area contributed by atoms with Gasteiger partial charge in [-0.1, -0.05) is 13.8 Å². The maximum absolute atomic E-state index is 11.8. The van der Waals surface area contributed by atoms with Crippen LogP contribution in [0.1, 0.15) is 26.7 Å². The quantitative estimate of drug-likeness (QED) is 0.681. The zero-order chi connectivity index (χ0) is 8.91. The summed E-state index contributed by atoms with van der Waals surface area (Å²) >= 11 is 0. The van der Waals surface area contributed by atoms with Crippen molar-refractivity contribution in [2.24, 2.45) is 0 Å². The van der Waals surface area contributed by atoms with E-state index in [1.54, 1.807) is 13.8 Å². The Kier molecular flexibility index (Phi) is 4.49. The van der Waals surface area contributed by atoms with Gasteiger partial charge < -0.3 is 5.32 Å². The van der Waals surface area contributed by atoms with E-state index in [-0.39, 0.29) is 0 Å². The predicted molar refractivity (Wildman–Crippen MR) is 38.4 cm³/mol. The Labute approximate surface area is 65.0 Å². The first-order valence-corrected chi connectivity index (χ1v) is 3.79. The monoisotopic (exact) mass is 169 g/mol. The Bertz CT molecular complexity index is 100. The average Bonchev–Trinajstić information content (AvgIpc) is 1.84. The highest BCUT2D eigenvalue weighted by Crippen LogP contribution is 2.22. The summed E-state index contributed by atoms with van der Waals surface area (Å²) in [5.41, 5.74) is 0. The molecular formula is C7H14F3N. The van der Waals surface area contributed by atoms with Crippen molar-refractivity contribution < 1.29 is 13.2 Å². The molecular weight excluding hydrogens is 155 g/mol. The maximum Gasteiger partial charge on any atom is 0.390 e. The molecule has 0 aliphatic heterocycles. The fraction of sp³-hybridized carbons (Fsp3) is 1.00. The Morgan fingerprint density at radius 3 is 2.09 bits per heavy atom. The van der Waals surface area contributed by atoms with Crippen LogP contribution < -0.4 is 5.32 Å². The van der Waals surface area contributed by atoms with Crippen LogP contribution in [0.2, 0.25) is 0 Å². The molecule has 0 bridgehead atoms. The van der Waals surface area contributed by atoms with Gasteiger partial charge in [-0.3, -0.25) is 0 Å². The first-order valence-electron chi connectivity index (χ1n) is 3.79. The lowest BCUT2D eigenvalue weighted by atomic mass is 10.1. The van der Waals surface area contributed by atoms with Crippen molar-refractivity contribution in [2.75, 3.05) is 6.54 Å². The van der Waals surface area contributed by atoms with E-state index in [1.165, 1.54) is 0 Å². The van der Waals surface area contributed by atoms with E-state index >= 15 is 0 Å². The highest BCUT2D eigenvalue weighted by molar-refractivity contribution is 4.67. The Morgan fingerprint density at radius 2 is 1.82 bits per heavy atom. The molecule has 0 aromatic rings. The second-order valence-corrected chi connectivity index (χ2v) is 2.48. The highest BCUT2D eigenvalue weighted by atomic mass is 19.4. The standard InChI is InChI=1S/C7H14F3N/c1-3-6(11-4-2)5-7(8,9)10/h6,11H,3-5H2,1-2H3. The molecule has 0 aromatic carbocycles. The average molecular weight is 169 g/mol. The fourth-order valence-corrected chi connectivity index (χ4v) is 0.929. The summed E-state index contributed by atoms with van der Waals surface area (Å²) in [5, 5.41) is 2.77. The third kappa shape index (κ3) is 6.16. The van der Waals surface area contributed by atoms with Gasteiger partial charge in [0.15, 0.2) is 0 Å². The van der Waals surface area contributed by atoms with E-state index in [0.717, 1.165) is 0 Å². The zero-order valence-electron chi connectivity index (χ0n) is 6.83. The second kappa shape index (κ2) is 4.59. The van der Waals surface area contributed by atoms with Crippen molar-refractivity contribution in [3.63, 3.8) is 0 Å². The minimum absolute atomic E-state index is 0.417. The van der Waals surface area contributed by atoms with E-state index in [0.29, 0.717) is 13.0 Å². The number of hydrogen-bond donors (Lipinski definition) is 1. The summed E-state index contributed by atoms with van der Waals surface area (Å²) in [5.74, 6) is 0. The van der Waals surface area contributed by atoms with Crippen LogP contribution >= 0.6 is 0 Å². The van der Waals surface area contributed by atoms with Crippen molar-refractivity contribution >= 4 is 0 Å². The number of nitrogens with one attached hydrogen (secondary N) is 1. The molecule has 1 atom stereocenters. The molecule has 0 saturated heterocycles. The molecule has 0 fully saturated rings. The molecule has 0 aliphatic carbocycles. The molecule has 0 saturated carbocycles. The van der Waals surface area contributed by atoms with Gasteiger partial charge in [-0.2, -0.15) is 13.2 Å². The van der Waals surface area contributed by atoms with Gasteiger partial charge in [-0.15, -0.1) is 0 Å². The van der Waals surface area contributed by atoms with E-state index < -0.39 is 18.6 Å². The molecule has 0 spiro atoms. The van der Waals surface area contributed by atoms with E-state index in [4.69, 9.17) is 0 Å². The van der Waals surface area contributed by atoms with E-state index in [9.17, 15) is 13.2 Å². The van der Waals surface area contributed by atoms with Crippen molar-refractivity contribution in [3.8, 4) is 0 Å². The molecule has 68 valence electrons. The van der Waals surface area contributed by atoms with Gasteiger partial charge in [-0.05, 0) is 13.0 Å². The van der Waals surface area contributed by atoms with Gasteiger partial charge in [-0.25, -0.2) is 0 Å². The van der Waals surface area contributed by atoms with Crippen LogP contribution in [0.15, 0.2) is 0 Å². The molecule has 4 heteroatoms. The maximum atomic E-state index is 11.8. The number of hydrogen-bond acceptors (Lipinski definition) is 1. The lowest BCUT2D eigenvalue weighted by Crippen LogP contribution is -2.32. The number of halogens is 3. The van der Waals surface area contributed by atoms with Crippen LogP contribution in [-0.4, -0.2) is 18.8 Å². The van der Waals surface area contributed by atoms with Crippen molar-refractivity contribution in [1.29, 1.82) is 0 Å². The first-order chi connectivity index (χ1) is 4.99. The lowest BCUT2D eigenvalue weighted by Gasteiger charge is -2.17. The summed E-state index contributed by atoms with van der Waals surface area (Å²) in [7, 11) is 0. The summed E-state index contributed by atoms with van der Waals surface area (Å²) in [6.45, 7) is 4.15. The van der Waals surface area contributed by atoms with Gasteiger partial charge in [0.25, 0.3) is 0 Å². The lowest BCUT2D eigenvalue weighted by molar-refractivity contribution is -0.140. The molecule has 1 N–H and O–H groups in total. The van der Waals surface area contributed by atoms with Gasteiger partial charge in [0, 0.05) is 6.04 Å². The predicted octanol–water partition coefficient (Wildman–Crippen LogP) is 2.33. The minimum Gasteiger partial charge on any atom is -0.314 e. The van der Waals surface area contributed by atoms with Crippen LogP contribution in [-0.2, 0) is 0 Å². The Morgan fingerprint density at radius 1 is 1.27 bits per heavy atom. The minimum atomic E-state index is -4.04. The molecule has 1 nitrogen and oxygen atoms in total. The fourth-order valence-electron chi connectivity index (χ4n) is 0.929. The van der Waals surface area contributed by atoms with E-state index in [1.807, 2.05) is 0 Å². The summed E-state index contributed by atoms with van der Waals surface area (Å²) in [6.07, 6.45) is -4.24. The second-order valence-electron chi connectivity index (χ2n) is 2.48. The molecule has 0 aliphatic rings. The summed E-state index contributed by atoms with van der Waals surface area (Å²) < 4.78 is 35.3. The summed E-state index contributed by atoms with van der Waals surface area (Å²) in [6, 6.07) is -0.417. The van der Waals surface area contributed by atoms with E-state index in [2.05, 4.69) is 5.32 Å². The molecule has 0 rings (SSSR count). The normalized spacial score (nSPS) is 15.0. The third-order valence-corrected chi connectivity index (χ3v) is 1.46. The van der Waals surface area contributed by atoms with Crippen LogP contribution in [0.4, 0.5) is 13.2 Å². The van der Waals surface area contributed by atoms with Crippen molar-refractivity contribution in [3.05, 3.63) is 0 Å². The summed E-state index contributed by atoms with van der Waals surface area (Å²) in [4.78, 5) is 0. The van der Waals surface area contributed by atoms with Gasteiger partial charge >= 0.3 is 6.18 Å². The highest BCUT2D eigenvalue weighted by Gasteiger charge is 2.30. The number of alkyl halides is 3. The third-order valence-electron chi connectivity index (χ3n) is 1.46. The van der Waals surface area contributed by atoms with Crippen LogP contribution in [0.3, 0.4) is 0 Å². The van der Waals surface area contributed by atoms with Gasteiger partial charge in [0.05, 0.1) is 6.42 Å². The number of rotatable bonds is 4. The molecule has 0 aromatic heterocycles. The molecule has 0 heterocycles. The van der Waals surface area contributed by atoms with Crippen molar-refractivity contribution in [1.82, 2.24) is 5.32 Å². The smallest absolute Gasteiger partial charge is 0.314 e. The van der Waals surface area contributed by atoms with Crippen LogP contribution in [0.5, 0.6) is 0 Å². The van der Waals surface area contributed by atoms with Crippen molar-refractivity contribution in [2.45, 2.75) is 38.9 Å².